The summed E-state index contributed by atoms with van der Waals surface area (Å²) in [6.07, 6.45) is 0. The Labute approximate surface area is 83.5 Å². The van der Waals surface area contributed by atoms with Crippen molar-refractivity contribution in [2.75, 3.05) is 0 Å². The lowest BCUT2D eigenvalue weighted by Crippen LogP contribution is -1.83. The average Bonchev–Trinajstić information content (AvgIpc) is 2.48. The lowest BCUT2D eigenvalue weighted by Gasteiger charge is -1.92. The van der Waals surface area contributed by atoms with Crippen molar-refractivity contribution in [2.24, 2.45) is 0 Å². The molecule has 2 rings (SSSR count). The minimum atomic E-state index is -0.161. The van der Waals surface area contributed by atoms with Gasteiger partial charge in [-0.05, 0) is 6.07 Å². The molecule has 0 aliphatic heterocycles. The van der Waals surface area contributed by atoms with Crippen LogP contribution in [0.2, 0.25) is 10.2 Å². The van der Waals surface area contributed by atoms with E-state index in [0.717, 1.165) is 0 Å². The first-order valence-electron chi connectivity index (χ1n) is 3.52. The summed E-state index contributed by atoms with van der Waals surface area (Å²) < 4.78 is 0. The Morgan fingerprint density at radius 3 is 2.85 bits per heavy atom. The fourth-order valence-electron chi connectivity index (χ4n) is 1.02. The van der Waals surface area contributed by atoms with Gasteiger partial charge in [0.25, 0.3) is 0 Å². The molecule has 13 heavy (non-hydrogen) atoms. The van der Waals surface area contributed by atoms with Gasteiger partial charge in [-0.2, -0.15) is 0 Å². The molecule has 2 aromatic heterocycles. The minimum Gasteiger partial charge on any atom is -0.388 e. The molecule has 0 aliphatic rings. The van der Waals surface area contributed by atoms with Gasteiger partial charge in [-0.1, -0.05) is 23.2 Å². The van der Waals surface area contributed by atoms with E-state index in [1.165, 1.54) is 0 Å². The lowest BCUT2D eigenvalue weighted by atomic mass is 10.4. The van der Waals surface area contributed by atoms with E-state index in [0.29, 0.717) is 22.0 Å². The fourth-order valence-corrected chi connectivity index (χ4v) is 1.31. The molecular weight excluding hydrogens is 213 g/mol. The number of aromatic nitrogens is 3. The first kappa shape index (κ1) is 8.74. The number of hydrogen-bond acceptors (Lipinski definition) is 3. The number of H-pyrrole nitrogens is 1. The van der Waals surface area contributed by atoms with Crippen LogP contribution < -0.4 is 0 Å². The van der Waals surface area contributed by atoms with Crippen LogP contribution in [0.5, 0.6) is 0 Å². The Hall–Kier alpha value is -0.840. The monoisotopic (exact) mass is 217 g/mol. The number of aliphatic hydroxyl groups excluding tert-OH is 1. The Morgan fingerprint density at radius 1 is 1.38 bits per heavy atom. The van der Waals surface area contributed by atoms with Crippen molar-refractivity contribution >= 4 is 34.4 Å². The molecule has 0 aliphatic carbocycles. The number of halogens is 2. The zero-order valence-electron chi connectivity index (χ0n) is 6.38. The Balaban J connectivity index is 2.70. The van der Waals surface area contributed by atoms with Gasteiger partial charge in [0.2, 0.25) is 0 Å². The number of pyridine rings is 1. The van der Waals surface area contributed by atoms with E-state index >= 15 is 0 Å². The molecular formula is C7H5Cl2N3O. The zero-order chi connectivity index (χ0) is 9.42. The van der Waals surface area contributed by atoms with Crippen LogP contribution in [0.15, 0.2) is 6.07 Å². The van der Waals surface area contributed by atoms with E-state index in [9.17, 15) is 0 Å². The molecule has 0 bridgehead atoms. The average molecular weight is 218 g/mol. The number of fused-ring (bicyclic) bond motifs is 1. The highest BCUT2D eigenvalue weighted by Gasteiger charge is 2.06. The second kappa shape index (κ2) is 3.14. The summed E-state index contributed by atoms with van der Waals surface area (Å²) >= 11 is 11.4. The smallest absolute Gasteiger partial charge is 0.179 e. The molecule has 4 nitrogen and oxygen atoms in total. The molecule has 0 atom stereocenters. The van der Waals surface area contributed by atoms with Gasteiger partial charge in [-0.3, -0.25) is 0 Å². The number of nitrogens with zero attached hydrogens (tertiary/aromatic N) is 2. The minimum absolute atomic E-state index is 0.161. The Bertz CT molecular complexity index is 415. The van der Waals surface area contributed by atoms with Gasteiger partial charge in [-0.15, -0.1) is 0 Å². The van der Waals surface area contributed by atoms with E-state index in [4.69, 9.17) is 28.3 Å². The highest BCUT2D eigenvalue weighted by atomic mass is 35.5. The molecule has 0 amide bonds. The van der Waals surface area contributed by atoms with Crippen molar-refractivity contribution in [1.29, 1.82) is 0 Å². The van der Waals surface area contributed by atoms with Crippen molar-refractivity contribution in [3.8, 4) is 0 Å². The summed E-state index contributed by atoms with van der Waals surface area (Å²) in [6.45, 7) is -0.161. The van der Waals surface area contributed by atoms with Crippen LogP contribution in [0.1, 0.15) is 5.82 Å². The van der Waals surface area contributed by atoms with Crippen LogP contribution in [0.3, 0.4) is 0 Å². The van der Waals surface area contributed by atoms with E-state index in [2.05, 4.69) is 15.0 Å². The zero-order valence-corrected chi connectivity index (χ0v) is 7.89. The van der Waals surface area contributed by atoms with Crippen LogP contribution in [-0.4, -0.2) is 20.1 Å². The molecule has 0 aromatic carbocycles. The largest absolute Gasteiger partial charge is 0.388 e. The first-order chi connectivity index (χ1) is 6.20. The molecule has 0 unspecified atom stereocenters. The van der Waals surface area contributed by atoms with Gasteiger partial charge in [-0.25, -0.2) is 9.97 Å². The predicted molar refractivity (Wildman–Crippen MR) is 49.8 cm³/mol. The molecule has 0 fully saturated rings. The Morgan fingerprint density at radius 2 is 2.15 bits per heavy atom. The Kier molecular flexibility index (Phi) is 2.11. The molecule has 2 N–H and O–H groups in total. The van der Waals surface area contributed by atoms with E-state index in [-0.39, 0.29) is 11.8 Å². The molecule has 0 radical (unpaired) electrons. The van der Waals surface area contributed by atoms with Gasteiger partial charge in [0.1, 0.15) is 17.6 Å². The van der Waals surface area contributed by atoms with Crippen LogP contribution in [-0.2, 0) is 6.61 Å². The SMILES string of the molecule is OCc1nc2nc(Cl)c(Cl)cc2[nH]1. The van der Waals surface area contributed by atoms with Crippen molar-refractivity contribution in [1.82, 2.24) is 15.0 Å². The third-order valence-electron chi connectivity index (χ3n) is 1.58. The first-order valence-corrected chi connectivity index (χ1v) is 4.28. The molecule has 0 saturated heterocycles. The fraction of sp³-hybridized carbons (Fsp3) is 0.143. The van der Waals surface area contributed by atoms with Gasteiger partial charge < -0.3 is 10.1 Å². The van der Waals surface area contributed by atoms with Gasteiger partial charge in [0.05, 0.1) is 10.5 Å². The van der Waals surface area contributed by atoms with Crippen molar-refractivity contribution in [3.05, 3.63) is 22.1 Å². The van der Waals surface area contributed by atoms with Crippen LogP contribution in [0.25, 0.3) is 11.2 Å². The van der Waals surface area contributed by atoms with Gasteiger partial charge in [0, 0.05) is 0 Å². The van der Waals surface area contributed by atoms with Crippen molar-refractivity contribution in [2.45, 2.75) is 6.61 Å². The van der Waals surface area contributed by atoms with Gasteiger partial charge in [0.15, 0.2) is 5.65 Å². The number of aromatic amines is 1. The second-order valence-corrected chi connectivity index (χ2v) is 3.24. The second-order valence-electron chi connectivity index (χ2n) is 2.47. The third kappa shape index (κ3) is 1.48. The van der Waals surface area contributed by atoms with Crippen LogP contribution in [0.4, 0.5) is 0 Å². The van der Waals surface area contributed by atoms with Crippen molar-refractivity contribution < 1.29 is 5.11 Å². The summed E-state index contributed by atoms with van der Waals surface area (Å²) in [5.41, 5.74) is 1.12. The normalized spacial score (nSPS) is 11.0. The summed E-state index contributed by atoms with van der Waals surface area (Å²) in [7, 11) is 0. The van der Waals surface area contributed by atoms with Gasteiger partial charge >= 0.3 is 0 Å². The molecule has 2 heterocycles. The number of rotatable bonds is 1. The topological polar surface area (TPSA) is 61.8 Å². The number of aliphatic hydroxyl groups is 1. The highest BCUT2D eigenvalue weighted by molar-refractivity contribution is 6.41. The summed E-state index contributed by atoms with van der Waals surface area (Å²) in [5, 5.41) is 9.37. The molecule has 6 heteroatoms. The third-order valence-corrected chi connectivity index (χ3v) is 2.26. The van der Waals surface area contributed by atoms with E-state index in [1.807, 2.05) is 0 Å². The highest BCUT2D eigenvalue weighted by Crippen LogP contribution is 2.23. The summed E-state index contributed by atoms with van der Waals surface area (Å²) in [6, 6.07) is 1.62. The molecule has 0 saturated carbocycles. The maximum atomic E-state index is 8.79. The van der Waals surface area contributed by atoms with E-state index < -0.39 is 0 Å². The van der Waals surface area contributed by atoms with Crippen molar-refractivity contribution in [3.63, 3.8) is 0 Å². The molecule has 2 aromatic rings. The maximum Gasteiger partial charge on any atom is 0.179 e. The lowest BCUT2D eigenvalue weighted by molar-refractivity contribution is 0.273. The summed E-state index contributed by atoms with van der Waals surface area (Å²) in [5.74, 6) is 0.445. The van der Waals surface area contributed by atoms with Crippen LogP contribution >= 0.6 is 23.2 Å². The molecule has 68 valence electrons. The maximum absolute atomic E-state index is 8.79. The number of hydrogen-bond donors (Lipinski definition) is 2. The standard InChI is InChI=1S/C7H5Cl2N3O/c8-3-1-4-7(12-6(3)9)11-5(2-13)10-4/h1,13H,2H2,(H,10,11,12). The summed E-state index contributed by atoms with van der Waals surface area (Å²) in [4.78, 5) is 10.7. The molecule has 0 spiro atoms. The quantitative estimate of drug-likeness (QED) is 0.716. The number of imidazole rings is 1. The van der Waals surface area contributed by atoms with E-state index in [1.54, 1.807) is 6.07 Å². The number of nitrogens with one attached hydrogen (secondary N) is 1. The predicted octanol–water partition coefficient (Wildman–Crippen LogP) is 1.76. The van der Waals surface area contributed by atoms with Crippen LogP contribution in [0, 0.1) is 0 Å².